The zero-order valence-electron chi connectivity index (χ0n) is 28.0. The van der Waals surface area contributed by atoms with Crippen LogP contribution in [0, 0.1) is 46.3 Å². The van der Waals surface area contributed by atoms with Gasteiger partial charge >= 0.3 is 0 Å². The van der Waals surface area contributed by atoms with Crippen LogP contribution in [0.2, 0.25) is 0 Å². The van der Waals surface area contributed by atoms with Crippen molar-refractivity contribution in [2.24, 2.45) is 46.3 Å². The van der Waals surface area contributed by atoms with Crippen LogP contribution in [0.5, 0.6) is 0 Å². The number of rotatable bonds is 8. The maximum atomic E-state index is 16.9. The van der Waals surface area contributed by atoms with Crippen LogP contribution in [0.1, 0.15) is 129 Å². The molecule has 0 N–H and O–H groups in total. The lowest BCUT2D eigenvalue weighted by Gasteiger charge is -2.53. The smallest absolute Gasteiger partial charge is 0.155 e. The van der Waals surface area contributed by atoms with Gasteiger partial charge in [-0.2, -0.15) is 0 Å². The summed E-state index contributed by atoms with van der Waals surface area (Å²) < 4.78 is 71.0. The molecule has 4 fully saturated rings. The molecular weight excluding hydrogens is 572 g/mol. The molecule has 6 aliphatic carbocycles. The average Bonchev–Trinajstić information content (AvgIpc) is 3.04. The molecule has 4 saturated carbocycles. The van der Waals surface area contributed by atoms with Crippen LogP contribution in [-0.2, 0) is 4.74 Å². The molecule has 0 aromatic carbocycles. The molecule has 5 heteroatoms. The highest BCUT2D eigenvalue weighted by atomic mass is 19.2. The first-order valence-electron chi connectivity index (χ1n) is 18.7. The van der Waals surface area contributed by atoms with Gasteiger partial charge in [0, 0.05) is 10.8 Å². The van der Waals surface area contributed by atoms with E-state index >= 15 is 17.6 Å². The Bertz CT molecular complexity index is 1040. The quantitative estimate of drug-likeness (QED) is 0.191. The number of hydrogen-bond donors (Lipinski definition) is 0. The van der Waals surface area contributed by atoms with Crippen LogP contribution >= 0.6 is 0 Å². The van der Waals surface area contributed by atoms with Gasteiger partial charge in [-0.05, 0) is 99.3 Å². The summed E-state index contributed by atoms with van der Waals surface area (Å²) in [5.74, 6) is -0.387. The number of allylic oxidation sites excluding steroid dienone is 4. The maximum Gasteiger partial charge on any atom is 0.155 e. The van der Waals surface area contributed by atoms with E-state index < -0.39 is 45.7 Å². The van der Waals surface area contributed by atoms with E-state index in [2.05, 4.69) is 13.8 Å². The Kier molecular flexibility index (Phi) is 10.2. The summed E-state index contributed by atoms with van der Waals surface area (Å²) in [7, 11) is 0. The second kappa shape index (κ2) is 13.6. The SMILES string of the molecule is CC1CCC(C2([C@@]3(F)C=C[C@@H](COC[C@@H]4C=C[C@](F)(C5(C6CCC(C)CC6)CCCCC5)C=C4F)C(F)=C3)CCCCC2)CC1. The topological polar surface area (TPSA) is 9.23 Å². The third kappa shape index (κ3) is 6.43. The van der Waals surface area contributed by atoms with Crippen molar-refractivity contribution < 1.29 is 22.3 Å². The van der Waals surface area contributed by atoms with Gasteiger partial charge in [-0.15, -0.1) is 0 Å². The standard InChI is InChI=1S/C40H58F4O/c1-29-9-13-33(14-10-29)37(19-5-3-6-20-37)39(43)23-17-31(35(41)25-39)27-45-28-32-18-24-40(44,26-36(32)42)38(21-7-4-8-22-38)34-15-11-30(2)12-16-34/h17-18,23-26,29-34H,3-16,19-22,27-28H2,1-2H3/t29?,30?,31-,32-,33?,34?,39+,40+/m0/s1. The first kappa shape index (κ1) is 33.5. The molecule has 0 amide bonds. The van der Waals surface area contributed by atoms with E-state index in [1.54, 1.807) is 24.3 Å². The van der Waals surface area contributed by atoms with Crippen molar-refractivity contribution in [2.45, 2.75) is 141 Å². The summed E-state index contributed by atoms with van der Waals surface area (Å²) in [6.45, 7) is 4.60. The predicted molar refractivity (Wildman–Crippen MR) is 175 cm³/mol. The highest BCUT2D eigenvalue weighted by Gasteiger charge is 2.57. The zero-order valence-corrected chi connectivity index (χ0v) is 28.0. The largest absolute Gasteiger partial charge is 0.379 e. The lowest BCUT2D eigenvalue weighted by molar-refractivity contribution is -0.0433. The molecule has 0 unspecified atom stereocenters. The van der Waals surface area contributed by atoms with Gasteiger partial charge in [-0.1, -0.05) is 90.2 Å². The summed E-state index contributed by atoms with van der Waals surface area (Å²) in [5, 5.41) is 0. The van der Waals surface area contributed by atoms with Crippen molar-refractivity contribution in [1.29, 1.82) is 0 Å². The van der Waals surface area contributed by atoms with Gasteiger partial charge in [0.1, 0.15) is 11.7 Å². The van der Waals surface area contributed by atoms with Crippen LogP contribution in [-0.4, -0.2) is 24.6 Å². The predicted octanol–water partition coefficient (Wildman–Crippen LogP) is 12.1. The van der Waals surface area contributed by atoms with Crippen molar-refractivity contribution >= 4 is 0 Å². The van der Waals surface area contributed by atoms with Crippen LogP contribution in [0.3, 0.4) is 0 Å². The van der Waals surface area contributed by atoms with Gasteiger partial charge in [0.2, 0.25) is 0 Å². The first-order chi connectivity index (χ1) is 21.6. The Morgan fingerprint density at radius 1 is 0.578 bits per heavy atom. The Balaban J connectivity index is 1.09. The third-order valence-electron chi connectivity index (χ3n) is 13.8. The minimum absolute atomic E-state index is 0.0193. The summed E-state index contributed by atoms with van der Waals surface area (Å²) in [5.41, 5.74) is -4.63. The molecule has 0 radical (unpaired) electrons. The van der Waals surface area contributed by atoms with E-state index in [1.807, 2.05) is 0 Å². The van der Waals surface area contributed by atoms with Gasteiger partial charge in [0.05, 0.1) is 25.0 Å². The van der Waals surface area contributed by atoms with Gasteiger partial charge < -0.3 is 4.74 Å². The number of halogens is 4. The molecule has 45 heavy (non-hydrogen) atoms. The molecule has 0 aromatic heterocycles. The van der Waals surface area contributed by atoms with Crippen molar-refractivity contribution in [3.05, 3.63) is 48.1 Å². The molecule has 0 aliphatic heterocycles. The molecule has 6 aliphatic rings. The van der Waals surface area contributed by atoms with E-state index in [4.69, 9.17) is 4.74 Å². The fourth-order valence-electron chi connectivity index (χ4n) is 10.8. The van der Waals surface area contributed by atoms with Crippen LogP contribution in [0.25, 0.3) is 0 Å². The second-order valence-corrected chi connectivity index (χ2v) is 16.4. The highest BCUT2D eigenvalue weighted by Crippen LogP contribution is 2.60. The van der Waals surface area contributed by atoms with Crippen molar-refractivity contribution in [3.8, 4) is 0 Å². The lowest BCUT2D eigenvalue weighted by Crippen LogP contribution is -2.51. The molecule has 1 nitrogen and oxygen atoms in total. The second-order valence-electron chi connectivity index (χ2n) is 16.4. The van der Waals surface area contributed by atoms with Crippen molar-refractivity contribution in [3.63, 3.8) is 0 Å². The van der Waals surface area contributed by atoms with Gasteiger partial charge in [0.15, 0.2) is 11.3 Å². The van der Waals surface area contributed by atoms with E-state index in [1.165, 1.54) is 12.2 Å². The van der Waals surface area contributed by atoms with Gasteiger partial charge in [0.25, 0.3) is 0 Å². The number of alkyl halides is 2. The molecule has 4 atom stereocenters. The molecule has 0 bridgehead atoms. The molecule has 0 spiro atoms. The summed E-state index contributed by atoms with van der Waals surface area (Å²) in [6, 6.07) is 0. The van der Waals surface area contributed by atoms with Crippen LogP contribution in [0.4, 0.5) is 17.6 Å². The molecule has 0 heterocycles. The highest BCUT2D eigenvalue weighted by molar-refractivity contribution is 5.33. The number of hydrogen-bond acceptors (Lipinski definition) is 1. The Hall–Kier alpha value is -1.36. The number of ether oxygens (including phenoxy) is 1. The minimum atomic E-state index is -1.78. The lowest BCUT2D eigenvalue weighted by atomic mass is 9.53. The average molecular weight is 631 g/mol. The molecule has 6 rings (SSSR count). The van der Waals surface area contributed by atoms with E-state index in [0.717, 1.165) is 116 Å². The third-order valence-corrected chi connectivity index (χ3v) is 13.8. The van der Waals surface area contributed by atoms with Crippen LogP contribution in [0.15, 0.2) is 48.1 Å². The molecular formula is C40H58F4O. The maximum absolute atomic E-state index is 16.9. The fourth-order valence-corrected chi connectivity index (χ4v) is 10.8. The first-order valence-corrected chi connectivity index (χ1v) is 18.7. The van der Waals surface area contributed by atoms with Crippen molar-refractivity contribution in [2.75, 3.05) is 13.2 Å². The van der Waals surface area contributed by atoms with Crippen LogP contribution < -0.4 is 0 Å². The molecule has 252 valence electrons. The van der Waals surface area contributed by atoms with E-state index in [0.29, 0.717) is 11.8 Å². The zero-order chi connectivity index (χ0) is 31.7. The molecule has 0 saturated heterocycles. The summed E-state index contributed by atoms with van der Waals surface area (Å²) >= 11 is 0. The fraction of sp³-hybridized carbons (Fsp3) is 0.800. The Morgan fingerprint density at radius 3 is 1.27 bits per heavy atom. The van der Waals surface area contributed by atoms with E-state index in [-0.39, 0.29) is 25.0 Å². The molecule has 0 aromatic rings. The minimum Gasteiger partial charge on any atom is -0.379 e. The normalized spacial score (nSPS) is 41.7. The van der Waals surface area contributed by atoms with Crippen molar-refractivity contribution in [1.82, 2.24) is 0 Å². The summed E-state index contributed by atoms with van der Waals surface area (Å²) in [6.07, 6.45) is 27.2. The summed E-state index contributed by atoms with van der Waals surface area (Å²) in [4.78, 5) is 0. The van der Waals surface area contributed by atoms with Gasteiger partial charge in [-0.3, -0.25) is 0 Å². The van der Waals surface area contributed by atoms with Gasteiger partial charge in [-0.25, -0.2) is 17.6 Å². The Morgan fingerprint density at radius 2 is 0.933 bits per heavy atom. The monoisotopic (exact) mass is 630 g/mol. The van der Waals surface area contributed by atoms with E-state index in [9.17, 15) is 0 Å². The Labute approximate surface area is 270 Å².